The van der Waals surface area contributed by atoms with Gasteiger partial charge < -0.3 is 5.32 Å². The van der Waals surface area contributed by atoms with Gasteiger partial charge >= 0.3 is 6.03 Å². The van der Waals surface area contributed by atoms with Crippen LogP contribution in [0.25, 0.3) is 0 Å². The fourth-order valence-electron chi connectivity index (χ4n) is 2.71. The Morgan fingerprint density at radius 3 is 2.44 bits per heavy atom. The summed E-state index contributed by atoms with van der Waals surface area (Å²) in [6.07, 6.45) is 0.431. The topological polar surface area (TPSA) is 106 Å². The highest BCUT2D eigenvalue weighted by molar-refractivity contribution is 6.07. The van der Waals surface area contributed by atoms with Crippen LogP contribution in [0.2, 0.25) is 0 Å². The van der Waals surface area contributed by atoms with Gasteiger partial charge in [-0.05, 0) is 44.9 Å². The normalized spacial score (nSPS) is 19.4. The van der Waals surface area contributed by atoms with E-state index in [1.54, 1.807) is 26.0 Å². The molecule has 1 aromatic carbocycles. The van der Waals surface area contributed by atoms with Crippen molar-refractivity contribution in [1.29, 1.82) is 5.26 Å². The summed E-state index contributed by atoms with van der Waals surface area (Å²) < 4.78 is 0. The number of carbonyl (C=O) groups excluding carboxylic acids is 3. The Bertz CT molecular complexity index is 769. The van der Waals surface area contributed by atoms with Crippen LogP contribution in [-0.2, 0) is 16.1 Å². The molecule has 0 radical (unpaired) electrons. The first kappa shape index (κ1) is 20.4. The number of hydrogen-bond donors (Lipinski definition) is 2. The number of rotatable bonds is 7. The van der Waals surface area contributed by atoms with E-state index in [0.717, 1.165) is 10.6 Å². The fourth-order valence-corrected chi connectivity index (χ4v) is 2.71. The lowest BCUT2D eigenvalue weighted by molar-refractivity contribution is -0.139. The van der Waals surface area contributed by atoms with Crippen molar-refractivity contribution in [2.24, 2.45) is 0 Å². The molecule has 1 fully saturated rings. The summed E-state index contributed by atoms with van der Waals surface area (Å²) in [4.78, 5) is 38.7. The van der Waals surface area contributed by atoms with Gasteiger partial charge in [-0.2, -0.15) is 10.3 Å². The third-order valence-electron chi connectivity index (χ3n) is 4.75. The van der Waals surface area contributed by atoms with Crippen LogP contribution in [0.15, 0.2) is 24.3 Å². The van der Waals surface area contributed by atoms with Crippen molar-refractivity contribution in [2.75, 3.05) is 6.54 Å². The zero-order valence-corrected chi connectivity index (χ0v) is 16.1. The molecule has 1 aliphatic rings. The Labute approximate surface area is 159 Å². The quantitative estimate of drug-likeness (QED) is 0.707. The number of imide groups is 1. The van der Waals surface area contributed by atoms with Gasteiger partial charge in [0.2, 0.25) is 0 Å². The number of amides is 4. The number of hydrogen-bond acceptors (Lipinski definition) is 5. The number of urea groups is 1. The lowest BCUT2D eigenvalue weighted by Gasteiger charge is -2.27. The largest absolute Gasteiger partial charge is 0.344 e. The summed E-state index contributed by atoms with van der Waals surface area (Å²) in [6, 6.07) is 8.65. The van der Waals surface area contributed by atoms with E-state index >= 15 is 0 Å². The Hall–Kier alpha value is -2.92. The second-order valence-corrected chi connectivity index (χ2v) is 7.10. The molecule has 2 rings (SSSR count). The van der Waals surface area contributed by atoms with Crippen molar-refractivity contribution in [1.82, 2.24) is 20.7 Å². The second-order valence-electron chi connectivity index (χ2n) is 7.10. The summed E-state index contributed by atoms with van der Waals surface area (Å²) in [5.41, 5.74) is 2.95. The maximum Gasteiger partial charge on any atom is 0.344 e. The van der Waals surface area contributed by atoms with Crippen LogP contribution in [0.3, 0.4) is 0 Å². The third-order valence-corrected chi connectivity index (χ3v) is 4.75. The van der Waals surface area contributed by atoms with Crippen LogP contribution in [-0.4, -0.2) is 45.9 Å². The number of nitriles is 1. The predicted octanol–water partition coefficient (Wildman–Crippen LogP) is 1.52. The zero-order chi connectivity index (χ0) is 20.2. The molecule has 1 atom stereocenters. The van der Waals surface area contributed by atoms with Crippen molar-refractivity contribution in [3.63, 3.8) is 0 Å². The summed E-state index contributed by atoms with van der Waals surface area (Å²) in [6.45, 7) is 7.87. The van der Waals surface area contributed by atoms with E-state index in [-0.39, 0.29) is 12.6 Å². The second kappa shape index (κ2) is 8.18. The Morgan fingerprint density at radius 2 is 1.96 bits per heavy atom. The first-order valence-electron chi connectivity index (χ1n) is 8.89. The van der Waals surface area contributed by atoms with Crippen LogP contribution < -0.4 is 10.7 Å². The Morgan fingerprint density at radius 1 is 1.33 bits per heavy atom. The minimum atomic E-state index is -0.995. The molecule has 2 N–H and O–H groups in total. The molecule has 1 saturated heterocycles. The fraction of sp³-hybridized carbons (Fsp3) is 0.474. The Kier molecular flexibility index (Phi) is 6.18. The molecule has 27 heavy (non-hydrogen) atoms. The SMILES string of the molecule is CCC1(C)NC(=O)N(NC(=O)CN(Cc2ccc(C#N)cc2)C(C)C)C1=O. The lowest BCUT2D eigenvalue weighted by atomic mass is 10.00. The molecule has 0 saturated carbocycles. The van der Waals surface area contributed by atoms with Crippen LogP contribution >= 0.6 is 0 Å². The van der Waals surface area contributed by atoms with Gasteiger partial charge in [-0.25, -0.2) is 4.79 Å². The third kappa shape index (κ3) is 4.63. The first-order valence-corrected chi connectivity index (χ1v) is 8.89. The smallest absolute Gasteiger partial charge is 0.322 e. The van der Waals surface area contributed by atoms with E-state index in [1.807, 2.05) is 30.9 Å². The first-order chi connectivity index (χ1) is 12.7. The average molecular weight is 371 g/mol. The van der Waals surface area contributed by atoms with Crippen LogP contribution in [0.1, 0.15) is 45.2 Å². The molecular formula is C19H25N5O3. The molecule has 0 aliphatic carbocycles. The van der Waals surface area contributed by atoms with Crippen molar-refractivity contribution in [3.05, 3.63) is 35.4 Å². The number of nitrogens with zero attached hydrogens (tertiary/aromatic N) is 3. The van der Waals surface area contributed by atoms with Crippen molar-refractivity contribution < 1.29 is 14.4 Å². The molecular weight excluding hydrogens is 346 g/mol. The summed E-state index contributed by atoms with van der Waals surface area (Å²) in [5.74, 6) is -0.910. The van der Waals surface area contributed by atoms with E-state index in [2.05, 4.69) is 16.8 Å². The van der Waals surface area contributed by atoms with Crippen LogP contribution in [0.4, 0.5) is 4.79 Å². The highest BCUT2D eigenvalue weighted by Crippen LogP contribution is 2.19. The predicted molar refractivity (Wildman–Crippen MR) is 98.9 cm³/mol. The van der Waals surface area contributed by atoms with Crippen LogP contribution in [0.5, 0.6) is 0 Å². The zero-order valence-electron chi connectivity index (χ0n) is 16.1. The van der Waals surface area contributed by atoms with Crippen molar-refractivity contribution >= 4 is 17.8 Å². The molecule has 1 aromatic rings. The van der Waals surface area contributed by atoms with Gasteiger partial charge in [0, 0.05) is 12.6 Å². The van der Waals surface area contributed by atoms with Gasteiger partial charge in [-0.1, -0.05) is 19.1 Å². The highest BCUT2D eigenvalue weighted by Gasteiger charge is 2.47. The summed E-state index contributed by atoms with van der Waals surface area (Å²) >= 11 is 0. The van der Waals surface area contributed by atoms with E-state index < -0.39 is 23.4 Å². The van der Waals surface area contributed by atoms with Gasteiger partial charge in [0.15, 0.2) is 0 Å². The molecule has 1 aliphatic heterocycles. The van der Waals surface area contributed by atoms with Gasteiger partial charge in [0.25, 0.3) is 11.8 Å². The van der Waals surface area contributed by atoms with Gasteiger partial charge in [-0.15, -0.1) is 0 Å². The molecule has 0 bridgehead atoms. The van der Waals surface area contributed by atoms with E-state index in [4.69, 9.17) is 5.26 Å². The van der Waals surface area contributed by atoms with E-state index in [0.29, 0.717) is 18.5 Å². The average Bonchev–Trinajstić information content (AvgIpc) is 2.85. The van der Waals surface area contributed by atoms with E-state index in [1.165, 1.54) is 0 Å². The van der Waals surface area contributed by atoms with Gasteiger partial charge in [-0.3, -0.25) is 19.9 Å². The number of benzene rings is 1. The number of hydrazine groups is 1. The maximum atomic E-state index is 12.4. The molecule has 0 spiro atoms. The molecule has 1 unspecified atom stereocenters. The van der Waals surface area contributed by atoms with Crippen molar-refractivity contribution in [3.8, 4) is 6.07 Å². The molecule has 0 aromatic heterocycles. The number of nitrogens with one attached hydrogen (secondary N) is 2. The summed E-state index contributed by atoms with van der Waals surface area (Å²) in [5, 5.41) is 12.2. The standard InChI is InChI=1S/C19H25N5O3/c1-5-19(4)17(26)24(18(27)21-19)22-16(25)12-23(13(2)3)11-15-8-6-14(10-20)7-9-15/h6-9,13H,5,11-12H2,1-4H3,(H,21,27)(H,22,25). The molecule has 8 heteroatoms. The van der Waals surface area contributed by atoms with Gasteiger partial charge in [0.1, 0.15) is 5.54 Å². The van der Waals surface area contributed by atoms with Gasteiger partial charge in [0.05, 0.1) is 18.2 Å². The molecule has 1 heterocycles. The lowest BCUT2D eigenvalue weighted by Crippen LogP contribution is -2.51. The minimum absolute atomic E-state index is 0.0254. The number of carbonyl (C=O) groups is 3. The molecule has 144 valence electrons. The maximum absolute atomic E-state index is 12.4. The monoisotopic (exact) mass is 371 g/mol. The van der Waals surface area contributed by atoms with Crippen LogP contribution in [0, 0.1) is 11.3 Å². The van der Waals surface area contributed by atoms with Crippen molar-refractivity contribution in [2.45, 2.75) is 52.2 Å². The molecule has 8 nitrogen and oxygen atoms in total. The molecule has 4 amide bonds. The summed E-state index contributed by atoms with van der Waals surface area (Å²) in [7, 11) is 0. The van der Waals surface area contributed by atoms with E-state index in [9.17, 15) is 14.4 Å². The Balaban J connectivity index is 2.01. The minimum Gasteiger partial charge on any atom is -0.322 e. The highest BCUT2D eigenvalue weighted by atomic mass is 16.2.